The molecule has 14 nitrogen and oxygen atoms in total. The Morgan fingerprint density at radius 3 is 1.71 bits per heavy atom. The Labute approximate surface area is 472 Å². The molecule has 76 heavy (non-hydrogen) atoms. The van der Waals surface area contributed by atoms with Crippen molar-refractivity contribution < 1.29 is 65.6 Å². The quantitative estimate of drug-likeness (QED) is 0.0424. The van der Waals surface area contributed by atoms with Gasteiger partial charge in [-0.25, -0.2) is 9.59 Å². The summed E-state index contributed by atoms with van der Waals surface area (Å²) in [6, 6.07) is 17.3. The van der Waals surface area contributed by atoms with Gasteiger partial charge in [0.25, 0.3) is 0 Å². The van der Waals surface area contributed by atoms with Gasteiger partial charge in [-0.15, -0.1) is 0 Å². The molecule has 0 amide bonds. The molecule has 0 bridgehead atoms. The molecule has 0 saturated carbocycles. The fourth-order valence-electron chi connectivity index (χ4n) is 9.49. The maximum atomic E-state index is 14.8. The highest BCUT2D eigenvalue weighted by molar-refractivity contribution is 14.1. The molecule has 428 valence electrons. The summed E-state index contributed by atoms with van der Waals surface area (Å²) < 4.78 is 75.2. The number of ether oxygens (including phenoxy) is 8. The third-order valence-electron chi connectivity index (χ3n) is 17.0. The summed E-state index contributed by atoms with van der Waals surface area (Å²) in [5, 5.41) is -0.300. The van der Waals surface area contributed by atoms with Gasteiger partial charge in [-0.3, -0.25) is 4.79 Å². The van der Waals surface area contributed by atoms with E-state index in [0.717, 1.165) is 0 Å². The van der Waals surface area contributed by atoms with Crippen LogP contribution in [0.2, 0.25) is 54.4 Å². The summed E-state index contributed by atoms with van der Waals surface area (Å²) in [6.45, 7) is 33.7. The Morgan fingerprint density at radius 2 is 1.20 bits per heavy atom. The number of halogens is 1. The van der Waals surface area contributed by atoms with E-state index in [-0.39, 0.29) is 52.9 Å². The van der Waals surface area contributed by atoms with Crippen molar-refractivity contribution in [1.82, 2.24) is 0 Å². The minimum absolute atomic E-state index is 0.0134. The van der Waals surface area contributed by atoms with Crippen molar-refractivity contribution in [1.29, 1.82) is 0 Å². The molecule has 5 rings (SSSR count). The lowest BCUT2D eigenvalue weighted by Crippen LogP contribution is -2.69. The lowest BCUT2D eigenvalue weighted by Gasteiger charge is -2.56. The molecule has 3 saturated heterocycles. The molecule has 3 aliphatic rings. The number of fused-ring (bicyclic) bond motifs is 1. The van der Waals surface area contributed by atoms with Crippen LogP contribution in [-0.2, 0) is 56.0 Å². The molecule has 3 aliphatic heterocycles. The van der Waals surface area contributed by atoms with E-state index in [1.54, 1.807) is 69.9 Å². The van der Waals surface area contributed by atoms with Crippen molar-refractivity contribution in [3.63, 3.8) is 0 Å². The van der Waals surface area contributed by atoms with E-state index < -0.39 is 110 Å². The van der Waals surface area contributed by atoms with E-state index in [9.17, 15) is 14.4 Å². The molecular weight excluding hydrogens is 1130 g/mol. The van der Waals surface area contributed by atoms with E-state index in [4.69, 9.17) is 51.2 Å². The first-order chi connectivity index (χ1) is 35.4. The number of Topliss-reactive ketones (excluding diaryl/α,β-unsaturated/α-hetero) is 1. The maximum absolute atomic E-state index is 14.8. The second-order valence-electron chi connectivity index (χ2n) is 25.5. The van der Waals surface area contributed by atoms with Crippen molar-refractivity contribution in [3.05, 3.63) is 81.9 Å². The Balaban J connectivity index is 1.45. The normalized spacial score (nSPS) is 26.8. The van der Waals surface area contributed by atoms with Crippen LogP contribution < -0.4 is 0 Å². The van der Waals surface area contributed by atoms with Gasteiger partial charge in [-0.05, 0) is 102 Å². The molecule has 2 aromatic rings. The Morgan fingerprint density at radius 1 is 0.658 bits per heavy atom. The highest BCUT2D eigenvalue weighted by Gasteiger charge is 2.58. The van der Waals surface area contributed by atoms with Crippen molar-refractivity contribution in [2.75, 3.05) is 27.9 Å². The molecule has 0 radical (unpaired) electrons. The second-order valence-corrected chi connectivity index (χ2v) is 40.5. The monoisotopic (exact) mass is 1220 g/mol. The van der Waals surface area contributed by atoms with Gasteiger partial charge in [0, 0.05) is 52.9 Å². The van der Waals surface area contributed by atoms with Gasteiger partial charge in [0.15, 0.2) is 31.2 Å². The van der Waals surface area contributed by atoms with Gasteiger partial charge < -0.3 is 51.2 Å². The van der Waals surface area contributed by atoms with Crippen molar-refractivity contribution in [2.24, 2.45) is 5.92 Å². The predicted octanol–water partition coefficient (Wildman–Crippen LogP) is 12.7. The van der Waals surface area contributed by atoms with Crippen LogP contribution in [0.5, 0.6) is 0 Å². The first-order valence-corrected chi connectivity index (χ1v) is 37.2. The fraction of sp³-hybridized carbons (Fsp3) is 0.707. The third-order valence-corrected chi connectivity index (χ3v) is 30.9. The van der Waals surface area contributed by atoms with Crippen LogP contribution in [0.3, 0.4) is 0 Å². The minimum Gasteiger partial charge on any atom is -0.458 e. The topological polar surface area (TPSA) is 153 Å². The number of methoxy groups -OCH3 is 3. The zero-order valence-electron chi connectivity index (χ0n) is 49.0. The molecule has 0 unspecified atom stereocenters. The molecular formula is C58H93IO14Si3. The lowest BCUT2D eigenvalue weighted by molar-refractivity contribution is -0.266. The molecule has 0 spiro atoms. The number of benzene rings is 2. The van der Waals surface area contributed by atoms with Crippen LogP contribution in [0.4, 0.5) is 0 Å². The number of hydrogen-bond acceptors (Lipinski definition) is 14. The van der Waals surface area contributed by atoms with E-state index in [1.807, 2.05) is 16.2 Å². The number of carbonyl (C=O) groups excluding carboxylic acids is 3. The summed E-state index contributed by atoms with van der Waals surface area (Å²) in [5.74, 6) is -1.58. The average molecular weight is 1230 g/mol. The summed E-state index contributed by atoms with van der Waals surface area (Å²) in [6.07, 6.45) is -2.51. The third kappa shape index (κ3) is 16.7. The Kier molecular flexibility index (Phi) is 23.0. The number of ketones is 1. The van der Waals surface area contributed by atoms with Crippen molar-refractivity contribution in [2.45, 2.75) is 229 Å². The summed E-state index contributed by atoms with van der Waals surface area (Å²) in [7, 11) is -2.61. The van der Waals surface area contributed by atoms with Gasteiger partial charge in [-0.2, -0.15) is 0 Å². The second kappa shape index (κ2) is 27.1. The standard InChI is InChI=1S/C58H93IO14Si3/c1-56(2,3)74(13,14)71-45(31-32-59)51-53(73-76(17,18)58(7,8)9)52(72-75(15,16)57(4,5)6)50-44(70-51)30-29-41(67-50)33-40(60)34-43-46(36-48(63-10)64-11)69-47(49(43)65-12)35-42(68-55(62)39-27-23-20-24-28-39)37-66-54(61)38-25-21-19-22-26-38/h19-28,31-32,41-53H,29-30,33-37H2,1-18H3/b32-31+/t41-,42+,43+,44+,45+,46+,47-,49-,50+,51+,52+,53-/m1/s1. The maximum Gasteiger partial charge on any atom is 0.338 e. The van der Waals surface area contributed by atoms with E-state index in [2.05, 4.69) is 130 Å². The largest absolute Gasteiger partial charge is 0.458 e. The molecule has 18 heteroatoms. The van der Waals surface area contributed by atoms with Gasteiger partial charge in [-0.1, -0.05) is 121 Å². The van der Waals surface area contributed by atoms with Gasteiger partial charge in [0.1, 0.15) is 42.9 Å². The highest BCUT2D eigenvalue weighted by atomic mass is 127. The number of rotatable bonds is 24. The van der Waals surface area contributed by atoms with Crippen LogP contribution in [0.25, 0.3) is 0 Å². The van der Waals surface area contributed by atoms with Crippen LogP contribution in [-0.4, -0.2) is 144 Å². The van der Waals surface area contributed by atoms with Crippen LogP contribution in [0, 0.1) is 5.92 Å². The number of hydrogen-bond donors (Lipinski definition) is 0. The SMILES string of the molecule is COC(C[C@@H]1O[C@H](C[C@@H](COC(=O)c2ccccc2)OC(=O)c2ccccc2)[C@H](OC)[C@H]1CC(=O)C[C@H]1CC[C@@H]2O[C@@H]([C@H](/C=C/I)O[Si](C)(C)C(C)(C)C)[C@@H](O[Si](C)(C)C(C)(C)C)[C@@H](O[Si](C)(C)C(C)(C)C)[C@H]2O1)OC. The molecule has 2 aromatic carbocycles. The van der Waals surface area contributed by atoms with Gasteiger partial charge >= 0.3 is 11.9 Å². The smallest absolute Gasteiger partial charge is 0.338 e. The van der Waals surface area contributed by atoms with Crippen molar-refractivity contribution in [3.8, 4) is 0 Å². The average Bonchev–Trinajstić information content (AvgIpc) is 3.65. The summed E-state index contributed by atoms with van der Waals surface area (Å²) in [4.78, 5) is 41.4. The summed E-state index contributed by atoms with van der Waals surface area (Å²) >= 11 is 2.28. The first kappa shape index (κ1) is 64.6. The highest BCUT2D eigenvalue weighted by Crippen LogP contribution is 2.48. The Hall–Kier alpha value is -2.19. The Bertz CT molecular complexity index is 2190. The summed E-state index contributed by atoms with van der Waals surface area (Å²) in [5.41, 5.74) is 0.717. The number of esters is 2. The minimum atomic E-state index is -2.50. The molecule has 3 heterocycles. The molecule has 0 aliphatic carbocycles. The first-order valence-electron chi connectivity index (χ1n) is 27.2. The molecule has 0 N–H and O–H groups in total. The van der Waals surface area contributed by atoms with E-state index in [1.165, 1.54) is 0 Å². The molecule has 12 atom stereocenters. The van der Waals surface area contributed by atoms with Crippen molar-refractivity contribution >= 4 is 65.3 Å². The predicted molar refractivity (Wildman–Crippen MR) is 313 cm³/mol. The fourth-order valence-corrected chi connectivity index (χ4v) is 13.8. The molecule has 3 fully saturated rings. The van der Waals surface area contributed by atoms with Gasteiger partial charge in [0.2, 0.25) is 0 Å². The lowest BCUT2D eigenvalue weighted by atomic mass is 9.85. The zero-order valence-corrected chi connectivity index (χ0v) is 54.1. The number of carbonyl (C=O) groups is 3. The molecule has 0 aromatic heterocycles. The van der Waals surface area contributed by atoms with Crippen LogP contribution >= 0.6 is 22.6 Å². The van der Waals surface area contributed by atoms with Crippen LogP contribution in [0.15, 0.2) is 70.8 Å². The van der Waals surface area contributed by atoms with E-state index >= 15 is 0 Å². The van der Waals surface area contributed by atoms with E-state index in [0.29, 0.717) is 30.4 Å². The zero-order chi connectivity index (χ0) is 56.6. The van der Waals surface area contributed by atoms with Gasteiger partial charge in [0.05, 0.1) is 47.8 Å². The van der Waals surface area contributed by atoms with Crippen LogP contribution in [0.1, 0.15) is 122 Å².